The summed E-state index contributed by atoms with van der Waals surface area (Å²) in [5.41, 5.74) is 0.806. The summed E-state index contributed by atoms with van der Waals surface area (Å²) in [5, 5.41) is 9.69. The zero-order valence-corrected chi connectivity index (χ0v) is 11.8. The van der Waals surface area contributed by atoms with E-state index in [4.69, 9.17) is 9.47 Å². The predicted molar refractivity (Wildman–Crippen MR) is 73.2 cm³/mol. The Hall–Kier alpha value is -1.22. The zero-order valence-electron chi connectivity index (χ0n) is 11.8. The molecule has 0 fully saturated rings. The lowest BCUT2D eigenvalue weighted by Gasteiger charge is -2.15. The Morgan fingerprint density at radius 3 is 2.50 bits per heavy atom. The highest BCUT2D eigenvalue weighted by atomic mass is 16.5. The summed E-state index contributed by atoms with van der Waals surface area (Å²) in [7, 11) is 1.62. The van der Waals surface area contributed by atoms with Crippen LogP contribution in [-0.4, -0.2) is 18.8 Å². The fraction of sp³-hybridized carbons (Fsp3) is 0.600. The average molecular weight is 252 g/mol. The van der Waals surface area contributed by atoms with E-state index < -0.39 is 6.10 Å². The van der Waals surface area contributed by atoms with Crippen LogP contribution < -0.4 is 9.47 Å². The van der Waals surface area contributed by atoms with Gasteiger partial charge >= 0.3 is 0 Å². The monoisotopic (exact) mass is 252 g/mol. The van der Waals surface area contributed by atoms with Gasteiger partial charge in [-0.1, -0.05) is 13.8 Å². The van der Waals surface area contributed by atoms with E-state index in [2.05, 4.69) is 13.8 Å². The van der Waals surface area contributed by atoms with E-state index in [9.17, 15) is 5.11 Å². The lowest BCUT2D eigenvalue weighted by atomic mass is 10.1. The Balaban J connectivity index is 2.66. The number of hydrogen-bond donors (Lipinski definition) is 1. The van der Waals surface area contributed by atoms with E-state index in [1.807, 2.05) is 18.2 Å². The maximum absolute atomic E-state index is 9.69. The van der Waals surface area contributed by atoms with Crippen LogP contribution in [0, 0.1) is 5.92 Å². The molecule has 0 amide bonds. The number of methoxy groups -OCH3 is 1. The third-order valence-electron chi connectivity index (χ3n) is 2.85. The largest absolute Gasteiger partial charge is 0.497 e. The van der Waals surface area contributed by atoms with E-state index in [0.717, 1.165) is 24.2 Å². The molecular weight excluding hydrogens is 228 g/mol. The van der Waals surface area contributed by atoms with E-state index in [1.165, 1.54) is 0 Å². The van der Waals surface area contributed by atoms with Crippen molar-refractivity contribution in [1.29, 1.82) is 0 Å². The molecular formula is C15H24O3. The fourth-order valence-corrected chi connectivity index (χ4v) is 1.79. The third kappa shape index (κ3) is 4.57. The SMILES string of the molecule is COc1ccc(C(C)O)c(OCCCC(C)C)c1. The first-order chi connectivity index (χ1) is 8.54. The number of hydrogen-bond acceptors (Lipinski definition) is 3. The minimum Gasteiger partial charge on any atom is -0.497 e. The lowest BCUT2D eigenvalue weighted by Crippen LogP contribution is -2.04. The second-order valence-electron chi connectivity index (χ2n) is 4.96. The number of aliphatic hydroxyl groups is 1. The van der Waals surface area contributed by atoms with Crippen LogP contribution in [0.15, 0.2) is 18.2 Å². The van der Waals surface area contributed by atoms with Gasteiger partial charge in [0.25, 0.3) is 0 Å². The molecule has 3 heteroatoms. The maximum Gasteiger partial charge on any atom is 0.128 e. The van der Waals surface area contributed by atoms with Gasteiger partial charge in [-0.05, 0) is 37.8 Å². The van der Waals surface area contributed by atoms with Crippen molar-refractivity contribution in [2.24, 2.45) is 5.92 Å². The van der Waals surface area contributed by atoms with Crippen LogP contribution >= 0.6 is 0 Å². The zero-order chi connectivity index (χ0) is 13.5. The van der Waals surface area contributed by atoms with Gasteiger partial charge in [0.05, 0.1) is 19.8 Å². The molecule has 0 aliphatic carbocycles. The lowest BCUT2D eigenvalue weighted by molar-refractivity contribution is 0.190. The molecule has 0 aliphatic rings. The normalized spacial score (nSPS) is 12.6. The van der Waals surface area contributed by atoms with Gasteiger partial charge in [0.1, 0.15) is 11.5 Å². The van der Waals surface area contributed by atoms with Crippen molar-refractivity contribution in [1.82, 2.24) is 0 Å². The molecule has 1 rings (SSSR count). The van der Waals surface area contributed by atoms with Crippen LogP contribution in [0.4, 0.5) is 0 Å². The maximum atomic E-state index is 9.69. The van der Waals surface area contributed by atoms with Gasteiger partial charge in [-0.25, -0.2) is 0 Å². The van der Waals surface area contributed by atoms with E-state index in [-0.39, 0.29) is 0 Å². The Morgan fingerprint density at radius 2 is 1.94 bits per heavy atom. The number of benzene rings is 1. The minimum atomic E-state index is -0.531. The fourth-order valence-electron chi connectivity index (χ4n) is 1.79. The summed E-state index contributed by atoms with van der Waals surface area (Å²) in [6.07, 6.45) is 1.64. The Kier molecular flexibility index (Phi) is 5.99. The molecule has 0 spiro atoms. The molecule has 1 unspecified atom stereocenters. The first-order valence-electron chi connectivity index (χ1n) is 6.53. The number of ether oxygens (including phenoxy) is 2. The molecule has 1 N–H and O–H groups in total. The molecule has 1 aromatic rings. The molecule has 18 heavy (non-hydrogen) atoms. The van der Waals surface area contributed by atoms with Gasteiger partial charge in [-0.2, -0.15) is 0 Å². The molecule has 0 bridgehead atoms. The first kappa shape index (κ1) is 14.8. The highest BCUT2D eigenvalue weighted by Gasteiger charge is 2.10. The van der Waals surface area contributed by atoms with Gasteiger partial charge in [0, 0.05) is 11.6 Å². The van der Waals surface area contributed by atoms with Crippen LogP contribution in [0.3, 0.4) is 0 Å². The number of rotatable bonds is 7. The van der Waals surface area contributed by atoms with E-state index >= 15 is 0 Å². The molecule has 0 saturated carbocycles. The predicted octanol–water partition coefficient (Wildman–Crippen LogP) is 3.56. The van der Waals surface area contributed by atoms with Crippen LogP contribution in [0.5, 0.6) is 11.5 Å². The summed E-state index contributed by atoms with van der Waals surface area (Å²) in [5.74, 6) is 2.15. The highest BCUT2D eigenvalue weighted by Crippen LogP contribution is 2.29. The quantitative estimate of drug-likeness (QED) is 0.754. The summed E-state index contributed by atoms with van der Waals surface area (Å²) in [6.45, 7) is 6.81. The van der Waals surface area contributed by atoms with Crippen molar-refractivity contribution >= 4 is 0 Å². The topological polar surface area (TPSA) is 38.7 Å². The van der Waals surface area contributed by atoms with Crippen molar-refractivity contribution < 1.29 is 14.6 Å². The van der Waals surface area contributed by atoms with Crippen molar-refractivity contribution in [3.05, 3.63) is 23.8 Å². The van der Waals surface area contributed by atoms with Crippen molar-refractivity contribution in [3.8, 4) is 11.5 Å². The van der Waals surface area contributed by atoms with E-state index in [0.29, 0.717) is 18.3 Å². The van der Waals surface area contributed by atoms with E-state index in [1.54, 1.807) is 14.0 Å². The molecule has 1 aromatic carbocycles. The molecule has 1 atom stereocenters. The second kappa shape index (κ2) is 7.27. The highest BCUT2D eigenvalue weighted by molar-refractivity contribution is 5.41. The second-order valence-corrected chi connectivity index (χ2v) is 4.96. The minimum absolute atomic E-state index is 0.531. The number of aliphatic hydroxyl groups excluding tert-OH is 1. The summed E-state index contributed by atoms with van der Waals surface area (Å²) < 4.78 is 10.9. The van der Waals surface area contributed by atoms with Crippen LogP contribution in [-0.2, 0) is 0 Å². The van der Waals surface area contributed by atoms with Crippen LogP contribution in [0.2, 0.25) is 0 Å². The molecule has 0 radical (unpaired) electrons. The molecule has 0 aromatic heterocycles. The van der Waals surface area contributed by atoms with Crippen LogP contribution in [0.25, 0.3) is 0 Å². The molecule has 0 saturated heterocycles. The van der Waals surface area contributed by atoms with Gasteiger partial charge in [-0.15, -0.1) is 0 Å². The summed E-state index contributed by atoms with van der Waals surface area (Å²) >= 11 is 0. The average Bonchev–Trinajstić information content (AvgIpc) is 2.33. The molecule has 102 valence electrons. The Morgan fingerprint density at radius 1 is 1.22 bits per heavy atom. The van der Waals surface area contributed by atoms with Gasteiger partial charge in [0.2, 0.25) is 0 Å². The standard InChI is InChI=1S/C15H24O3/c1-11(2)6-5-9-18-15-10-13(17-4)7-8-14(15)12(3)16/h7-8,10-12,16H,5-6,9H2,1-4H3. The van der Waals surface area contributed by atoms with Crippen molar-refractivity contribution in [2.75, 3.05) is 13.7 Å². The van der Waals surface area contributed by atoms with Crippen molar-refractivity contribution in [2.45, 2.75) is 39.7 Å². The van der Waals surface area contributed by atoms with Gasteiger partial charge in [0.15, 0.2) is 0 Å². The van der Waals surface area contributed by atoms with Gasteiger partial charge in [-0.3, -0.25) is 0 Å². The molecule has 3 nitrogen and oxygen atoms in total. The molecule has 0 aliphatic heterocycles. The summed E-state index contributed by atoms with van der Waals surface area (Å²) in [4.78, 5) is 0. The Labute approximate surface area is 110 Å². The third-order valence-corrected chi connectivity index (χ3v) is 2.85. The van der Waals surface area contributed by atoms with Crippen molar-refractivity contribution in [3.63, 3.8) is 0 Å². The smallest absolute Gasteiger partial charge is 0.128 e. The summed E-state index contributed by atoms with van der Waals surface area (Å²) in [6, 6.07) is 5.52. The first-order valence-corrected chi connectivity index (χ1v) is 6.53. The van der Waals surface area contributed by atoms with Crippen LogP contribution in [0.1, 0.15) is 45.3 Å². The van der Waals surface area contributed by atoms with Gasteiger partial charge < -0.3 is 14.6 Å². The Bertz CT molecular complexity index is 359. The molecule has 0 heterocycles.